The molecule has 27 nitrogen and oxygen atoms in total. The maximum atomic E-state index is 13.9. The lowest BCUT2D eigenvalue weighted by atomic mass is 10.1. The monoisotopic (exact) mass is 1170 g/mol. The van der Waals surface area contributed by atoms with E-state index in [1.54, 1.807) is 50.1 Å². The minimum absolute atomic E-state index is 0.0150. The Morgan fingerprint density at radius 1 is 0.518 bits per heavy atom. The summed E-state index contributed by atoms with van der Waals surface area (Å²) in [7, 11) is 0. The van der Waals surface area contributed by atoms with Crippen LogP contribution in [0.1, 0.15) is 118 Å². The fourth-order valence-electron chi connectivity index (χ4n) is 8.98. The minimum atomic E-state index is -1.31. The fraction of sp³-hybridized carbons (Fsp3) is 0.607. The highest BCUT2D eigenvalue weighted by Gasteiger charge is 2.25. The first-order valence-electron chi connectivity index (χ1n) is 28.2. The van der Waals surface area contributed by atoms with Crippen LogP contribution in [0.3, 0.4) is 0 Å². The zero-order valence-electron chi connectivity index (χ0n) is 47.8. The summed E-state index contributed by atoms with van der Waals surface area (Å²) in [6, 6.07) is 7.19. The number of hydrogen-bond acceptors (Lipinski definition) is 16. The Morgan fingerprint density at radius 3 is 1.51 bits per heavy atom. The molecule has 0 aliphatic carbocycles. The number of amides is 6. The number of ketones is 1. The number of hydrogen-bond donors (Lipinski definition) is 10. The van der Waals surface area contributed by atoms with Gasteiger partial charge < -0.3 is 57.0 Å². The van der Waals surface area contributed by atoms with E-state index < -0.39 is 53.7 Å². The number of aromatic nitrogens is 1. The van der Waals surface area contributed by atoms with Crippen molar-refractivity contribution in [2.45, 2.75) is 122 Å². The molecule has 1 saturated heterocycles. The number of unbranched alkanes of at least 4 members (excludes halogenated alkanes) is 5. The van der Waals surface area contributed by atoms with E-state index in [0.717, 1.165) is 29.7 Å². The molecule has 10 N–H and O–H groups in total. The number of aliphatic carboxylic acids is 5. The number of rotatable bonds is 37. The first-order valence-corrected chi connectivity index (χ1v) is 28.2. The number of pyridine rings is 1. The van der Waals surface area contributed by atoms with Crippen LogP contribution in [0.2, 0.25) is 0 Å². The van der Waals surface area contributed by atoms with E-state index >= 15 is 0 Å². The van der Waals surface area contributed by atoms with Crippen LogP contribution in [0, 0.1) is 6.92 Å². The third-order valence-electron chi connectivity index (χ3n) is 13.7. The molecule has 1 aliphatic heterocycles. The van der Waals surface area contributed by atoms with Crippen molar-refractivity contribution in [2.75, 3.05) is 98.2 Å². The molecule has 460 valence electrons. The molecular weight excluding hydrogens is 1080 g/mol. The van der Waals surface area contributed by atoms with Gasteiger partial charge in [0.05, 0.1) is 32.2 Å². The molecular formula is C56H85N11O16. The van der Waals surface area contributed by atoms with Crippen molar-refractivity contribution in [3.05, 3.63) is 65.0 Å². The maximum Gasteiger partial charge on any atom is 0.326 e. The smallest absolute Gasteiger partial charge is 0.326 e. The third kappa shape index (κ3) is 31.4. The van der Waals surface area contributed by atoms with Gasteiger partial charge in [0.2, 0.25) is 17.7 Å². The first kappa shape index (κ1) is 69.6. The summed E-state index contributed by atoms with van der Waals surface area (Å²) in [5.41, 5.74) is 2.74. The average Bonchev–Trinajstić information content (AvgIpc) is 3.51. The summed E-state index contributed by atoms with van der Waals surface area (Å²) in [6.45, 7) is 6.27. The molecule has 27 heteroatoms. The van der Waals surface area contributed by atoms with Crippen LogP contribution < -0.4 is 26.6 Å². The Labute approximate surface area is 483 Å². The number of carbonyl (C=O) groups excluding carboxylic acids is 6. The molecule has 1 aromatic carbocycles. The second-order valence-electron chi connectivity index (χ2n) is 20.7. The van der Waals surface area contributed by atoms with Crippen molar-refractivity contribution in [1.29, 1.82) is 0 Å². The van der Waals surface area contributed by atoms with Gasteiger partial charge in [-0.05, 0) is 94.5 Å². The Balaban J connectivity index is 1.34. The van der Waals surface area contributed by atoms with E-state index in [9.17, 15) is 73.2 Å². The lowest BCUT2D eigenvalue weighted by Crippen LogP contribution is -2.50. The molecule has 1 aromatic heterocycles. The van der Waals surface area contributed by atoms with Gasteiger partial charge in [0, 0.05) is 122 Å². The summed E-state index contributed by atoms with van der Waals surface area (Å²) in [6.07, 6.45) is 6.53. The number of Topliss-reactive ketones (excluding diaryl/α,β-unsaturated/α-hetero) is 1. The highest BCUT2D eigenvalue weighted by atomic mass is 16.4. The normalized spacial score (nSPS) is 14.6. The standard InChI is InChI=1S/C56H85N11O16/c1-40-14-15-43(34-59-40)35-67(24-10-7-11-46(55(81)82)62-56(83)61-45(41(2)68)20-21-50(72)73)54(80)44-18-16-42(17-19-44)33-60-48(70)13-6-9-23-57-47(69)12-5-3-4-8-22-58-49(71)36-63-25-27-64(37-51(74)75)29-31-66(39-53(78)79)32-30-65(28-26-63)38-52(76)77/h14-19,34,45-46H,3-13,20-33,35-39H2,1-2H3,(H,57,69)(H,58,71)(H,60,70)(H,72,73)(H,74,75)(H,76,77)(H,78,79)(H,81,82)(H2,61,62,83)/t45-,46-/m1/s1. The van der Waals surface area contributed by atoms with Crippen molar-refractivity contribution in [1.82, 2.24) is 56.1 Å². The van der Waals surface area contributed by atoms with Gasteiger partial charge in [0.1, 0.15) is 6.04 Å². The summed E-state index contributed by atoms with van der Waals surface area (Å²) in [5, 5.41) is 60.4. The van der Waals surface area contributed by atoms with Crippen LogP contribution in [0.4, 0.5) is 4.79 Å². The van der Waals surface area contributed by atoms with Crippen LogP contribution in [0.15, 0.2) is 42.6 Å². The van der Waals surface area contributed by atoms with Gasteiger partial charge in [-0.2, -0.15) is 0 Å². The fourth-order valence-corrected chi connectivity index (χ4v) is 8.98. The SMILES string of the molecule is CC(=O)[C@@H](CCC(=O)O)NC(=O)N[C@H](CCCCN(Cc1ccc(C)nc1)C(=O)c1ccc(CNC(=O)CCCCNC(=O)CCCCCCNC(=O)CN2CCN(CC(=O)O)CCN(CC(=O)O)CCN(CC(=O)O)CC2)cc1)C(=O)O. The molecule has 83 heavy (non-hydrogen) atoms. The summed E-state index contributed by atoms with van der Waals surface area (Å²) >= 11 is 0. The third-order valence-corrected chi connectivity index (χ3v) is 13.7. The van der Waals surface area contributed by atoms with Gasteiger partial charge >= 0.3 is 35.9 Å². The molecule has 2 heterocycles. The lowest BCUT2D eigenvalue weighted by Gasteiger charge is -2.32. The zero-order valence-corrected chi connectivity index (χ0v) is 47.8. The topological polar surface area (TPSA) is 378 Å². The lowest BCUT2D eigenvalue weighted by molar-refractivity contribution is -0.140. The van der Waals surface area contributed by atoms with Crippen LogP contribution in [0.5, 0.6) is 0 Å². The average molecular weight is 1170 g/mol. The van der Waals surface area contributed by atoms with Gasteiger partial charge in [-0.15, -0.1) is 0 Å². The Kier molecular flexibility index (Phi) is 32.7. The van der Waals surface area contributed by atoms with Crippen LogP contribution in [-0.4, -0.2) is 231 Å². The molecule has 3 rings (SSSR count). The predicted octanol–water partition coefficient (Wildman–Crippen LogP) is 1.22. The van der Waals surface area contributed by atoms with Gasteiger partial charge in [0.15, 0.2) is 5.78 Å². The van der Waals surface area contributed by atoms with Crippen molar-refractivity contribution < 1.29 is 78.3 Å². The number of nitrogens with zero attached hydrogens (tertiary/aromatic N) is 6. The van der Waals surface area contributed by atoms with Crippen molar-refractivity contribution in [2.24, 2.45) is 0 Å². The van der Waals surface area contributed by atoms with Crippen molar-refractivity contribution in [3.8, 4) is 0 Å². The molecule has 0 radical (unpaired) electrons. The number of benzene rings is 1. The number of carbonyl (C=O) groups is 11. The predicted molar refractivity (Wildman–Crippen MR) is 302 cm³/mol. The number of carboxylic acids is 5. The van der Waals surface area contributed by atoms with E-state index in [4.69, 9.17) is 5.11 Å². The summed E-state index contributed by atoms with van der Waals surface area (Å²) in [4.78, 5) is 147. The molecule has 0 spiro atoms. The highest BCUT2D eigenvalue weighted by molar-refractivity contribution is 5.94. The number of urea groups is 1. The molecule has 0 unspecified atom stereocenters. The van der Waals surface area contributed by atoms with E-state index in [0.29, 0.717) is 89.8 Å². The minimum Gasteiger partial charge on any atom is -0.481 e. The van der Waals surface area contributed by atoms with Crippen molar-refractivity contribution >= 4 is 65.3 Å². The molecule has 1 aliphatic rings. The molecule has 0 saturated carbocycles. The first-order chi connectivity index (χ1) is 39.6. The van der Waals surface area contributed by atoms with Crippen LogP contribution in [0.25, 0.3) is 0 Å². The number of carboxylic acid groups (broad SMARTS) is 5. The Morgan fingerprint density at radius 2 is 1.00 bits per heavy atom. The maximum absolute atomic E-state index is 13.9. The molecule has 1 fully saturated rings. The van der Waals surface area contributed by atoms with Gasteiger partial charge in [-0.3, -0.25) is 67.7 Å². The van der Waals surface area contributed by atoms with E-state index in [2.05, 4.69) is 31.6 Å². The Hall–Kier alpha value is -7.62. The molecule has 2 aromatic rings. The number of nitrogens with one attached hydrogen (secondary N) is 5. The quantitative estimate of drug-likeness (QED) is 0.0425. The van der Waals surface area contributed by atoms with Crippen LogP contribution >= 0.6 is 0 Å². The largest absolute Gasteiger partial charge is 0.481 e. The second-order valence-corrected chi connectivity index (χ2v) is 20.7. The zero-order chi connectivity index (χ0) is 61.1. The van der Waals surface area contributed by atoms with Crippen LogP contribution in [-0.2, 0) is 56.2 Å². The highest BCUT2D eigenvalue weighted by Crippen LogP contribution is 2.15. The van der Waals surface area contributed by atoms with Gasteiger partial charge in [-0.1, -0.05) is 31.0 Å². The van der Waals surface area contributed by atoms with Gasteiger partial charge in [-0.25, -0.2) is 9.59 Å². The van der Waals surface area contributed by atoms with Gasteiger partial charge in [0.25, 0.3) is 5.91 Å². The van der Waals surface area contributed by atoms with Crippen molar-refractivity contribution in [3.63, 3.8) is 0 Å². The molecule has 2 atom stereocenters. The second kappa shape index (κ2) is 39.0. The Bertz CT molecular complexity index is 2400. The number of aryl methyl sites for hydroxylation is 1. The summed E-state index contributed by atoms with van der Waals surface area (Å²) in [5.74, 6) is -6.78. The van der Waals surface area contributed by atoms with E-state index in [1.165, 1.54) is 6.92 Å². The van der Waals surface area contributed by atoms with E-state index in [-0.39, 0.29) is 121 Å². The molecule has 0 bridgehead atoms. The van der Waals surface area contributed by atoms with E-state index in [1.807, 2.05) is 24.0 Å². The molecule has 6 amide bonds. The summed E-state index contributed by atoms with van der Waals surface area (Å²) < 4.78 is 0.